The normalized spacial score (nSPS) is 14.9. The first-order chi connectivity index (χ1) is 24.1. The van der Waals surface area contributed by atoms with E-state index in [1.54, 1.807) is 12.2 Å². The number of aromatic nitrogens is 2. The maximum absolute atomic E-state index is 13.0. The van der Waals surface area contributed by atoms with Crippen molar-refractivity contribution in [1.82, 2.24) is 19.8 Å². The molecule has 2 aromatic heterocycles. The van der Waals surface area contributed by atoms with Crippen LogP contribution in [0.25, 0.3) is 21.5 Å². The van der Waals surface area contributed by atoms with Crippen molar-refractivity contribution in [2.75, 3.05) is 46.1 Å². The van der Waals surface area contributed by atoms with Gasteiger partial charge in [0.25, 0.3) is 37.9 Å². The molecule has 0 aliphatic rings. The number of hydrogen-bond donors (Lipinski definition) is 4. The number of hydrogen-bond acceptors (Lipinski definition) is 18. The summed E-state index contributed by atoms with van der Waals surface area (Å²) in [6.45, 7) is -5.71. The summed E-state index contributed by atoms with van der Waals surface area (Å²) in [5, 5.41) is 21.7. The molecule has 0 aliphatic carbocycles. The third-order valence-corrected chi connectivity index (χ3v) is 8.66. The van der Waals surface area contributed by atoms with Crippen LogP contribution in [0.5, 0.6) is 0 Å². The number of phosphoric ester groups is 2. The number of ether oxygens (including phenoxy) is 2. The fourth-order valence-electron chi connectivity index (χ4n) is 4.22. The molecule has 0 fully saturated rings. The van der Waals surface area contributed by atoms with Gasteiger partial charge in [-0.15, -0.1) is 0 Å². The predicted molar refractivity (Wildman–Crippen MR) is 167 cm³/mol. The van der Waals surface area contributed by atoms with E-state index in [4.69, 9.17) is 12.8 Å². The van der Waals surface area contributed by atoms with E-state index in [0.717, 1.165) is 12.1 Å². The topological polar surface area (TPSA) is 312 Å². The summed E-state index contributed by atoms with van der Waals surface area (Å²) in [7, 11) is -10.2. The minimum atomic E-state index is -5.20. The number of alkyl carbamates (subject to hydrolysis) is 2. The highest BCUT2D eigenvalue weighted by molar-refractivity contribution is 7.46. The lowest BCUT2D eigenvalue weighted by Gasteiger charge is -2.25. The summed E-state index contributed by atoms with van der Waals surface area (Å²) in [5.41, 5.74) is -4.11. The number of phosphoric acid groups is 2. The Morgan fingerprint density at radius 1 is 0.725 bits per heavy atom. The maximum atomic E-state index is 13.0. The van der Waals surface area contributed by atoms with Crippen molar-refractivity contribution in [3.8, 4) is 25.1 Å². The van der Waals surface area contributed by atoms with Crippen LogP contribution in [-0.2, 0) is 50.0 Å². The maximum Gasteiger partial charge on any atom is 0.421 e. The summed E-state index contributed by atoms with van der Waals surface area (Å²) < 4.78 is 52.3. The molecule has 2 amide bonds. The van der Waals surface area contributed by atoms with Crippen LogP contribution in [0.2, 0.25) is 0 Å². The standard InChI is InChI=1S/C27H30N4O18P2/c1-3-44-26(38)28-9-16(11-32)13-47-50(40,41)46-6-5-30-22(34)18-7-20-21(8-19(18)23(30)35)25(37)31(24(20)36)15-49-51(42,43)48-14-17(12-33)10-29-27(39)45-4-2/h1-2,7-8,16-17,32-33H,5-6,9-15H2,(H,28,38)(H,29,39)(H,40,41)(H,42,43)/p-2. The number of benzene rings is 1. The fourth-order valence-corrected chi connectivity index (χ4v) is 5.72. The molecular weight excluding hydrogens is 730 g/mol. The second kappa shape index (κ2) is 18.0. The average molecular weight is 758 g/mol. The van der Waals surface area contributed by atoms with Crippen molar-refractivity contribution < 1.29 is 66.3 Å². The molecular formula is C27H28N4O18P2-2. The zero-order valence-corrected chi connectivity index (χ0v) is 27.8. The smallest absolute Gasteiger partial charge is 0.421 e. The van der Waals surface area contributed by atoms with Gasteiger partial charge >= 0.3 is 12.2 Å². The van der Waals surface area contributed by atoms with Crippen LogP contribution >= 0.6 is 15.6 Å². The van der Waals surface area contributed by atoms with E-state index in [0.29, 0.717) is 9.13 Å². The van der Waals surface area contributed by atoms with E-state index in [1.165, 1.54) is 0 Å². The van der Waals surface area contributed by atoms with Crippen LogP contribution in [0.3, 0.4) is 0 Å². The van der Waals surface area contributed by atoms with Crippen molar-refractivity contribution in [2.45, 2.75) is 13.3 Å². The van der Waals surface area contributed by atoms with Gasteiger partial charge in [-0.1, -0.05) is 12.8 Å². The molecule has 3 aromatic rings. The Morgan fingerprint density at radius 3 is 1.51 bits per heavy atom. The number of rotatable bonds is 19. The molecule has 0 aliphatic heterocycles. The summed E-state index contributed by atoms with van der Waals surface area (Å²) in [6.07, 6.45) is 10.7. The highest BCUT2D eigenvalue weighted by atomic mass is 31.2. The molecule has 24 heteroatoms. The monoisotopic (exact) mass is 758 g/mol. The number of aliphatic hydroxyl groups excluding tert-OH is 2. The van der Waals surface area contributed by atoms with Crippen molar-refractivity contribution in [1.29, 1.82) is 0 Å². The summed E-state index contributed by atoms with van der Waals surface area (Å²) in [5.74, 6) is -1.88. The van der Waals surface area contributed by atoms with E-state index in [9.17, 15) is 57.9 Å². The molecule has 0 radical (unpaired) electrons. The van der Waals surface area contributed by atoms with E-state index in [1.807, 2.05) is 0 Å². The number of nitrogens with zero attached hydrogens (tertiary/aromatic N) is 2. The van der Waals surface area contributed by atoms with E-state index >= 15 is 0 Å². The number of terminal acetylenes is 2. The third-order valence-electron chi connectivity index (χ3n) is 6.80. The number of aliphatic hydroxyl groups is 2. The average Bonchev–Trinajstić information content (AvgIpc) is 3.46. The second-order valence-electron chi connectivity index (χ2n) is 10.2. The van der Waals surface area contributed by atoms with Gasteiger partial charge in [0, 0.05) is 38.1 Å². The first-order valence-corrected chi connectivity index (χ1v) is 17.1. The van der Waals surface area contributed by atoms with Crippen molar-refractivity contribution in [2.24, 2.45) is 11.8 Å². The van der Waals surface area contributed by atoms with Gasteiger partial charge in [0.15, 0.2) is 0 Å². The molecule has 51 heavy (non-hydrogen) atoms. The molecule has 276 valence electrons. The largest absolute Gasteiger partial charge is 0.756 e. The molecule has 3 rings (SSSR count). The minimum Gasteiger partial charge on any atom is -0.756 e. The SMILES string of the molecule is C#COC(=O)NCC(CO)COP(=O)([O-])OCCn1c(=O)c2cc3c(=O)n(COP(=O)([O-])OCC(CO)CNC(=O)OC#C)c(=O)c3cc2c1=O. The number of fused-ring (bicyclic) bond motifs is 2. The molecule has 22 nitrogen and oxygen atoms in total. The first kappa shape index (κ1) is 40.7. The number of amides is 2. The Labute approximate surface area is 285 Å². The highest BCUT2D eigenvalue weighted by Gasteiger charge is 2.22. The summed E-state index contributed by atoms with van der Waals surface area (Å²) in [4.78, 5) is 98.8. The molecule has 0 spiro atoms. The molecule has 0 saturated heterocycles. The highest BCUT2D eigenvalue weighted by Crippen LogP contribution is 2.39. The Bertz CT molecular complexity index is 2060. The Hall–Kier alpha value is -4.70. The molecule has 1 aromatic carbocycles. The Kier molecular flexibility index (Phi) is 14.4. The second-order valence-corrected chi connectivity index (χ2v) is 13.0. The van der Waals surface area contributed by atoms with Gasteiger partial charge in [-0.3, -0.25) is 37.4 Å². The zero-order chi connectivity index (χ0) is 37.9. The van der Waals surface area contributed by atoms with Crippen LogP contribution in [0.15, 0.2) is 31.3 Å². The van der Waals surface area contributed by atoms with Gasteiger partial charge in [-0.2, -0.15) is 0 Å². The lowest BCUT2D eigenvalue weighted by molar-refractivity contribution is -0.230. The zero-order valence-electron chi connectivity index (χ0n) is 26.0. The van der Waals surface area contributed by atoms with Crippen LogP contribution in [0.1, 0.15) is 0 Å². The van der Waals surface area contributed by atoms with Gasteiger partial charge in [-0.05, 0) is 12.1 Å². The molecule has 0 saturated carbocycles. The molecule has 2 heterocycles. The van der Waals surface area contributed by atoms with E-state index in [2.05, 4.69) is 38.2 Å². The molecule has 4 atom stereocenters. The van der Waals surface area contributed by atoms with Crippen LogP contribution in [0, 0.1) is 36.9 Å². The van der Waals surface area contributed by atoms with Crippen LogP contribution < -0.4 is 42.7 Å². The Balaban J connectivity index is 1.67. The lowest BCUT2D eigenvalue weighted by Crippen LogP contribution is -2.33. The molecule has 4 unspecified atom stereocenters. The van der Waals surface area contributed by atoms with Gasteiger partial charge in [-0.25, -0.2) is 14.2 Å². The third kappa shape index (κ3) is 10.9. The van der Waals surface area contributed by atoms with Crippen LogP contribution in [0.4, 0.5) is 9.59 Å². The molecule has 4 N–H and O–H groups in total. The van der Waals surface area contributed by atoms with Crippen molar-refractivity contribution >= 4 is 49.4 Å². The van der Waals surface area contributed by atoms with E-state index < -0.39 is 108 Å². The van der Waals surface area contributed by atoms with Crippen molar-refractivity contribution in [3.05, 3.63) is 53.5 Å². The summed E-state index contributed by atoms with van der Waals surface area (Å²) >= 11 is 0. The van der Waals surface area contributed by atoms with Gasteiger partial charge in [0.05, 0.1) is 47.9 Å². The number of carbonyl (C=O) groups is 2. The molecule has 0 bridgehead atoms. The van der Waals surface area contributed by atoms with Crippen LogP contribution in [-0.4, -0.2) is 77.7 Å². The van der Waals surface area contributed by atoms with Gasteiger partial charge < -0.3 is 53.7 Å². The minimum absolute atomic E-state index is 0.278. The number of carbonyl (C=O) groups excluding carboxylic acids is 2. The number of nitrogens with one attached hydrogen (secondary N) is 2. The Morgan fingerprint density at radius 2 is 1.12 bits per heavy atom. The summed E-state index contributed by atoms with van der Waals surface area (Å²) in [6, 6.07) is 1.88. The first-order valence-electron chi connectivity index (χ1n) is 14.2. The predicted octanol–water partition coefficient (Wildman–Crippen LogP) is -3.28. The van der Waals surface area contributed by atoms with E-state index in [-0.39, 0.29) is 34.6 Å². The van der Waals surface area contributed by atoms with Crippen molar-refractivity contribution in [3.63, 3.8) is 0 Å². The quantitative estimate of drug-likeness (QED) is 0.0688. The lowest BCUT2D eigenvalue weighted by atomic mass is 10.1. The fraction of sp³-hybridized carbons (Fsp3) is 0.407. The van der Waals surface area contributed by atoms with Gasteiger partial charge in [0.1, 0.15) is 18.9 Å². The van der Waals surface area contributed by atoms with Gasteiger partial charge in [0.2, 0.25) is 0 Å².